The lowest BCUT2D eigenvalue weighted by Gasteiger charge is -2.12. The summed E-state index contributed by atoms with van der Waals surface area (Å²) in [7, 11) is 4.07. The molecule has 0 bridgehead atoms. The van der Waals surface area contributed by atoms with Crippen molar-refractivity contribution in [2.75, 3.05) is 32.1 Å². The van der Waals surface area contributed by atoms with Crippen LogP contribution in [0.15, 0.2) is 48.8 Å². The van der Waals surface area contributed by atoms with Gasteiger partial charge in [0.1, 0.15) is 11.3 Å². The molecular weight excluding hydrogens is 312 g/mol. The first-order valence-electron chi connectivity index (χ1n) is 8.67. The Kier molecular flexibility index (Phi) is 3.92. The lowest BCUT2D eigenvalue weighted by molar-refractivity contribution is 0.0787. The first-order chi connectivity index (χ1) is 12.1. The number of benzene rings is 1. The number of carbonyl (C=O) groups is 1. The van der Waals surface area contributed by atoms with Crippen LogP contribution in [0.5, 0.6) is 0 Å². The van der Waals surface area contributed by atoms with Crippen LogP contribution >= 0.6 is 0 Å². The second-order valence-electron chi connectivity index (χ2n) is 6.75. The summed E-state index contributed by atoms with van der Waals surface area (Å²) < 4.78 is 1.94. The van der Waals surface area contributed by atoms with Crippen molar-refractivity contribution in [1.82, 2.24) is 14.3 Å². The summed E-state index contributed by atoms with van der Waals surface area (Å²) in [6, 6.07) is 12.5. The van der Waals surface area contributed by atoms with Gasteiger partial charge in [-0.05, 0) is 48.2 Å². The van der Waals surface area contributed by atoms with Crippen molar-refractivity contribution in [3.8, 4) is 11.1 Å². The Hall–Kier alpha value is -2.82. The van der Waals surface area contributed by atoms with E-state index in [1.165, 1.54) is 5.69 Å². The monoisotopic (exact) mass is 334 g/mol. The van der Waals surface area contributed by atoms with Gasteiger partial charge in [0.05, 0.1) is 0 Å². The van der Waals surface area contributed by atoms with E-state index >= 15 is 0 Å². The molecule has 0 spiro atoms. The van der Waals surface area contributed by atoms with Crippen molar-refractivity contribution in [1.29, 1.82) is 0 Å². The van der Waals surface area contributed by atoms with Crippen molar-refractivity contribution < 1.29 is 4.79 Å². The highest BCUT2D eigenvalue weighted by atomic mass is 16.2. The fourth-order valence-electron chi connectivity index (χ4n) is 3.30. The van der Waals surface area contributed by atoms with E-state index in [1.807, 2.05) is 41.9 Å². The third-order valence-corrected chi connectivity index (χ3v) is 4.78. The molecule has 1 fully saturated rings. The molecule has 0 unspecified atom stereocenters. The van der Waals surface area contributed by atoms with Gasteiger partial charge in [-0.15, -0.1) is 0 Å². The number of imidazole rings is 1. The fourth-order valence-corrected chi connectivity index (χ4v) is 3.30. The normalized spacial score (nSPS) is 14.2. The van der Waals surface area contributed by atoms with Crippen LogP contribution in [0.2, 0.25) is 0 Å². The second kappa shape index (κ2) is 6.24. The minimum atomic E-state index is 0.0399. The summed E-state index contributed by atoms with van der Waals surface area (Å²) in [5, 5.41) is 0. The topological polar surface area (TPSA) is 40.9 Å². The van der Waals surface area contributed by atoms with Gasteiger partial charge in [-0.1, -0.05) is 12.1 Å². The number of pyridine rings is 1. The smallest absolute Gasteiger partial charge is 0.274 e. The molecular formula is C20H22N4O. The molecule has 0 radical (unpaired) electrons. The molecule has 3 aromatic rings. The predicted molar refractivity (Wildman–Crippen MR) is 100 cm³/mol. The van der Waals surface area contributed by atoms with Gasteiger partial charge in [0.25, 0.3) is 5.91 Å². The minimum Gasteiger partial charge on any atom is -0.378 e. The van der Waals surface area contributed by atoms with Crippen LogP contribution in [0.4, 0.5) is 5.69 Å². The summed E-state index contributed by atoms with van der Waals surface area (Å²) in [4.78, 5) is 21.0. The van der Waals surface area contributed by atoms with Crippen LogP contribution in [0, 0.1) is 0 Å². The Morgan fingerprint density at radius 3 is 2.32 bits per heavy atom. The van der Waals surface area contributed by atoms with Crippen LogP contribution in [0.25, 0.3) is 16.8 Å². The third kappa shape index (κ3) is 2.97. The Labute approximate surface area is 147 Å². The number of fused-ring (bicyclic) bond motifs is 1. The molecule has 1 aliphatic heterocycles. The third-order valence-electron chi connectivity index (χ3n) is 4.78. The first kappa shape index (κ1) is 15.7. The van der Waals surface area contributed by atoms with Gasteiger partial charge < -0.3 is 14.2 Å². The Bertz CT molecular complexity index is 905. The largest absolute Gasteiger partial charge is 0.378 e. The van der Waals surface area contributed by atoms with Gasteiger partial charge in [-0.3, -0.25) is 4.79 Å². The summed E-state index contributed by atoms with van der Waals surface area (Å²) in [5.41, 5.74) is 4.76. The molecule has 1 aromatic carbocycles. The molecule has 2 aromatic heterocycles. The summed E-state index contributed by atoms with van der Waals surface area (Å²) in [6.45, 7) is 1.69. The Morgan fingerprint density at radius 1 is 0.960 bits per heavy atom. The van der Waals surface area contributed by atoms with E-state index in [4.69, 9.17) is 0 Å². The number of hydrogen-bond acceptors (Lipinski definition) is 3. The molecule has 0 aliphatic carbocycles. The van der Waals surface area contributed by atoms with Crippen molar-refractivity contribution in [2.45, 2.75) is 12.8 Å². The molecule has 0 N–H and O–H groups in total. The SMILES string of the molecule is CN(C)c1ccc(-c2ccc3nc(C(=O)N4CCCC4)cn3c2)cc1. The second-order valence-corrected chi connectivity index (χ2v) is 6.75. The molecule has 1 aliphatic rings. The average molecular weight is 334 g/mol. The Balaban J connectivity index is 1.64. The zero-order valence-corrected chi connectivity index (χ0v) is 14.6. The van der Waals surface area contributed by atoms with Crippen molar-refractivity contribution in [2.24, 2.45) is 0 Å². The number of amides is 1. The maximum absolute atomic E-state index is 12.5. The number of carbonyl (C=O) groups excluding carboxylic acids is 1. The number of nitrogens with zero attached hydrogens (tertiary/aromatic N) is 4. The summed E-state index contributed by atoms with van der Waals surface area (Å²) in [5.74, 6) is 0.0399. The number of rotatable bonds is 3. The van der Waals surface area contributed by atoms with Crippen molar-refractivity contribution in [3.63, 3.8) is 0 Å². The first-order valence-corrected chi connectivity index (χ1v) is 8.67. The lowest BCUT2D eigenvalue weighted by Crippen LogP contribution is -2.27. The van der Waals surface area contributed by atoms with E-state index < -0.39 is 0 Å². The van der Waals surface area contributed by atoms with Crippen molar-refractivity contribution >= 4 is 17.2 Å². The molecule has 5 nitrogen and oxygen atoms in total. The zero-order chi connectivity index (χ0) is 17.4. The molecule has 4 rings (SSSR count). The zero-order valence-electron chi connectivity index (χ0n) is 14.6. The molecule has 128 valence electrons. The van der Waals surface area contributed by atoms with E-state index in [0.29, 0.717) is 5.69 Å². The standard InChI is InChI=1S/C20H22N4O/c1-22(2)17-8-5-15(6-9-17)16-7-10-19-21-18(14-24(19)13-16)20(25)23-11-3-4-12-23/h5-10,13-14H,3-4,11-12H2,1-2H3. The van der Waals surface area contributed by atoms with Crippen LogP contribution in [-0.2, 0) is 0 Å². The van der Waals surface area contributed by atoms with Gasteiger partial charge in [-0.2, -0.15) is 0 Å². The van der Waals surface area contributed by atoms with Crippen LogP contribution in [0.1, 0.15) is 23.3 Å². The van der Waals surface area contributed by atoms with E-state index in [2.05, 4.69) is 40.2 Å². The summed E-state index contributed by atoms with van der Waals surface area (Å²) >= 11 is 0. The van der Waals surface area contributed by atoms with Gasteiger partial charge >= 0.3 is 0 Å². The molecule has 1 saturated heterocycles. The highest BCUT2D eigenvalue weighted by molar-refractivity contribution is 5.93. The van der Waals surface area contributed by atoms with E-state index in [1.54, 1.807) is 0 Å². The van der Waals surface area contributed by atoms with Crippen LogP contribution in [0.3, 0.4) is 0 Å². The number of anilines is 1. The Morgan fingerprint density at radius 2 is 1.64 bits per heavy atom. The highest BCUT2D eigenvalue weighted by Gasteiger charge is 2.21. The van der Waals surface area contributed by atoms with E-state index in [-0.39, 0.29) is 5.91 Å². The van der Waals surface area contributed by atoms with E-state index in [0.717, 1.165) is 42.7 Å². The van der Waals surface area contributed by atoms with Crippen LogP contribution < -0.4 is 4.90 Å². The van der Waals surface area contributed by atoms with E-state index in [9.17, 15) is 4.79 Å². The maximum Gasteiger partial charge on any atom is 0.274 e. The van der Waals surface area contributed by atoms with Gasteiger partial charge in [-0.25, -0.2) is 4.98 Å². The quantitative estimate of drug-likeness (QED) is 0.738. The molecule has 3 heterocycles. The van der Waals surface area contributed by atoms with Gasteiger partial charge in [0, 0.05) is 45.3 Å². The van der Waals surface area contributed by atoms with Crippen LogP contribution in [-0.4, -0.2) is 47.4 Å². The molecule has 5 heteroatoms. The predicted octanol–water partition coefficient (Wildman–Crippen LogP) is 3.30. The summed E-state index contributed by atoms with van der Waals surface area (Å²) in [6.07, 6.45) is 6.06. The van der Waals surface area contributed by atoms with Gasteiger partial charge in [0.2, 0.25) is 0 Å². The number of aromatic nitrogens is 2. The van der Waals surface area contributed by atoms with Crippen molar-refractivity contribution in [3.05, 3.63) is 54.5 Å². The highest BCUT2D eigenvalue weighted by Crippen LogP contribution is 2.23. The fraction of sp³-hybridized carbons (Fsp3) is 0.300. The van der Waals surface area contributed by atoms with Gasteiger partial charge in [0.15, 0.2) is 0 Å². The lowest BCUT2D eigenvalue weighted by atomic mass is 10.1. The number of hydrogen-bond donors (Lipinski definition) is 0. The number of likely N-dealkylation sites (tertiary alicyclic amines) is 1. The maximum atomic E-state index is 12.5. The average Bonchev–Trinajstić information content (AvgIpc) is 3.30. The molecule has 25 heavy (non-hydrogen) atoms. The minimum absolute atomic E-state index is 0.0399. The molecule has 0 atom stereocenters. The molecule has 0 saturated carbocycles. The molecule has 1 amide bonds.